The lowest BCUT2D eigenvalue weighted by Gasteiger charge is -2.08. The van der Waals surface area contributed by atoms with Gasteiger partial charge >= 0.3 is 5.97 Å². The highest BCUT2D eigenvalue weighted by Gasteiger charge is 2.31. The van der Waals surface area contributed by atoms with Crippen LogP contribution in [-0.2, 0) is 4.79 Å². The van der Waals surface area contributed by atoms with Gasteiger partial charge in [-0.1, -0.05) is 0 Å². The van der Waals surface area contributed by atoms with E-state index in [1.807, 2.05) is 12.1 Å². The van der Waals surface area contributed by atoms with Gasteiger partial charge < -0.3 is 9.52 Å². The molecule has 5 heteroatoms. The van der Waals surface area contributed by atoms with Crippen LogP contribution in [0.4, 0.5) is 0 Å². The molecule has 2 N–H and O–H groups in total. The molecule has 0 unspecified atom stereocenters. The number of hydrogen-bond donors (Lipinski definition) is 2. The molecule has 0 spiro atoms. The number of halogens is 1. The number of carbonyl (C=O) groups is 1. The first-order valence-electron chi connectivity index (χ1n) is 4.41. The maximum atomic E-state index is 10.7. The molecule has 2 heterocycles. The van der Waals surface area contributed by atoms with Crippen LogP contribution < -0.4 is 5.32 Å². The van der Waals surface area contributed by atoms with Gasteiger partial charge in [0.25, 0.3) is 0 Å². The average Bonchev–Trinajstić information content (AvgIpc) is 2.70. The molecule has 76 valence electrons. The first-order valence-corrected chi connectivity index (χ1v) is 5.20. The van der Waals surface area contributed by atoms with Crippen LogP contribution in [0, 0.1) is 0 Å². The predicted octanol–water partition coefficient (Wildman–Crippen LogP) is 1.92. The van der Waals surface area contributed by atoms with Crippen LogP contribution in [0.2, 0.25) is 0 Å². The number of carboxylic acids is 1. The Labute approximate surface area is 89.4 Å². The summed E-state index contributed by atoms with van der Waals surface area (Å²) in [6.45, 7) is 0. The van der Waals surface area contributed by atoms with Gasteiger partial charge in [-0.3, -0.25) is 10.1 Å². The van der Waals surface area contributed by atoms with E-state index in [9.17, 15) is 4.79 Å². The summed E-state index contributed by atoms with van der Waals surface area (Å²) in [6, 6.07) is 3.25. The molecule has 0 amide bonds. The van der Waals surface area contributed by atoms with Gasteiger partial charge in [0.15, 0.2) is 4.67 Å². The fraction of sp³-hybridized carbons (Fsp3) is 0.444. The maximum absolute atomic E-state index is 10.7. The highest BCUT2D eigenvalue weighted by Crippen LogP contribution is 2.29. The van der Waals surface area contributed by atoms with Crippen molar-refractivity contribution in [1.82, 2.24) is 5.32 Å². The lowest BCUT2D eigenvalue weighted by atomic mass is 10.1. The number of rotatable bonds is 2. The summed E-state index contributed by atoms with van der Waals surface area (Å²) in [4.78, 5) is 10.7. The normalized spacial score (nSPS) is 26.6. The van der Waals surface area contributed by atoms with Gasteiger partial charge in [0.1, 0.15) is 11.8 Å². The van der Waals surface area contributed by atoms with E-state index < -0.39 is 12.0 Å². The van der Waals surface area contributed by atoms with Gasteiger partial charge in [0.2, 0.25) is 0 Å². The minimum Gasteiger partial charge on any atom is -0.480 e. The van der Waals surface area contributed by atoms with Crippen molar-refractivity contribution in [3.05, 3.63) is 22.6 Å². The van der Waals surface area contributed by atoms with E-state index in [0.717, 1.165) is 12.2 Å². The Balaban J connectivity index is 2.05. The summed E-state index contributed by atoms with van der Waals surface area (Å²) in [5.74, 6) is -0.00116. The van der Waals surface area contributed by atoms with Crippen LogP contribution in [0.5, 0.6) is 0 Å². The third-order valence-corrected chi connectivity index (χ3v) is 2.81. The van der Waals surface area contributed by atoms with E-state index in [1.54, 1.807) is 0 Å². The summed E-state index contributed by atoms with van der Waals surface area (Å²) >= 11 is 3.21. The van der Waals surface area contributed by atoms with Crippen molar-refractivity contribution < 1.29 is 14.3 Å². The van der Waals surface area contributed by atoms with Gasteiger partial charge in [-0.05, 0) is 40.9 Å². The molecule has 1 fully saturated rings. The third-order valence-electron chi connectivity index (χ3n) is 2.38. The van der Waals surface area contributed by atoms with Crippen molar-refractivity contribution >= 4 is 21.9 Å². The predicted molar refractivity (Wildman–Crippen MR) is 52.9 cm³/mol. The zero-order valence-corrected chi connectivity index (χ0v) is 8.95. The topological polar surface area (TPSA) is 62.5 Å². The van der Waals surface area contributed by atoms with Gasteiger partial charge in [0.05, 0.1) is 6.04 Å². The molecule has 1 aromatic rings. The standard InChI is InChI=1S/C9H10BrNO3/c10-8-4-3-7(14-8)5-1-2-6(11-5)9(12)13/h3-6,11H,1-2H2,(H,12,13)/t5-,6+/m0/s1. The van der Waals surface area contributed by atoms with E-state index in [1.165, 1.54) is 0 Å². The van der Waals surface area contributed by atoms with Crippen molar-refractivity contribution in [2.75, 3.05) is 0 Å². The van der Waals surface area contributed by atoms with Crippen LogP contribution >= 0.6 is 15.9 Å². The maximum Gasteiger partial charge on any atom is 0.320 e. The Kier molecular flexibility index (Phi) is 2.60. The molecule has 14 heavy (non-hydrogen) atoms. The smallest absolute Gasteiger partial charge is 0.320 e. The van der Waals surface area contributed by atoms with Crippen molar-refractivity contribution in [2.45, 2.75) is 24.9 Å². The first kappa shape index (κ1) is 9.73. The van der Waals surface area contributed by atoms with Gasteiger partial charge in [-0.2, -0.15) is 0 Å². The largest absolute Gasteiger partial charge is 0.480 e. The Hall–Kier alpha value is -0.810. The minimum absolute atomic E-state index is 0.0300. The molecule has 0 radical (unpaired) electrons. The molecule has 0 bridgehead atoms. The van der Waals surface area contributed by atoms with E-state index in [2.05, 4.69) is 21.2 Å². The fourth-order valence-corrected chi connectivity index (χ4v) is 2.00. The van der Waals surface area contributed by atoms with Crippen LogP contribution in [0.15, 0.2) is 21.2 Å². The summed E-state index contributed by atoms with van der Waals surface area (Å²) in [5, 5.41) is 11.8. The molecule has 1 aromatic heterocycles. The zero-order chi connectivity index (χ0) is 10.1. The molecule has 0 aromatic carbocycles. The molecule has 0 aliphatic carbocycles. The van der Waals surface area contributed by atoms with Crippen molar-refractivity contribution in [1.29, 1.82) is 0 Å². The Morgan fingerprint density at radius 1 is 1.57 bits per heavy atom. The average molecular weight is 260 g/mol. The van der Waals surface area contributed by atoms with E-state index in [0.29, 0.717) is 11.1 Å². The molecule has 2 atom stereocenters. The Bertz CT molecular complexity index is 350. The van der Waals surface area contributed by atoms with E-state index >= 15 is 0 Å². The van der Waals surface area contributed by atoms with E-state index in [4.69, 9.17) is 9.52 Å². The Morgan fingerprint density at radius 3 is 2.86 bits per heavy atom. The molecule has 2 rings (SSSR count). The molecule has 1 aliphatic rings. The minimum atomic E-state index is -0.793. The first-order chi connectivity index (χ1) is 6.66. The van der Waals surface area contributed by atoms with Crippen molar-refractivity contribution in [3.63, 3.8) is 0 Å². The summed E-state index contributed by atoms with van der Waals surface area (Å²) < 4.78 is 6.03. The van der Waals surface area contributed by atoms with Crippen LogP contribution in [0.1, 0.15) is 24.6 Å². The summed E-state index contributed by atoms with van der Waals surface area (Å²) in [6.07, 6.45) is 1.45. The van der Waals surface area contributed by atoms with E-state index in [-0.39, 0.29) is 6.04 Å². The molecule has 1 saturated heterocycles. The fourth-order valence-electron chi connectivity index (χ4n) is 1.68. The quantitative estimate of drug-likeness (QED) is 0.852. The summed E-state index contributed by atoms with van der Waals surface area (Å²) in [5.41, 5.74) is 0. The molecular weight excluding hydrogens is 250 g/mol. The number of aliphatic carboxylic acids is 1. The number of nitrogens with one attached hydrogen (secondary N) is 1. The van der Waals surface area contributed by atoms with Gasteiger partial charge in [-0.15, -0.1) is 0 Å². The second-order valence-electron chi connectivity index (χ2n) is 3.33. The molecule has 1 aliphatic heterocycles. The monoisotopic (exact) mass is 259 g/mol. The zero-order valence-electron chi connectivity index (χ0n) is 7.37. The second kappa shape index (κ2) is 3.74. The third kappa shape index (κ3) is 1.83. The molecular formula is C9H10BrNO3. The Morgan fingerprint density at radius 2 is 2.36 bits per heavy atom. The lowest BCUT2D eigenvalue weighted by Crippen LogP contribution is -2.31. The second-order valence-corrected chi connectivity index (χ2v) is 4.11. The van der Waals surface area contributed by atoms with Crippen molar-refractivity contribution in [3.8, 4) is 0 Å². The van der Waals surface area contributed by atoms with Crippen molar-refractivity contribution in [2.24, 2.45) is 0 Å². The lowest BCUT2D eigenvalue weighted by molar-refractivity contribution is -0.139. The number of carboxylic acid groups (broad SMARTS) is 1. The van der Waals surface area contributed by atoms with Gasteiger partial charge in [-0.25, -0.2) is 0 Å². The van der Waals surface area contributed by atoms with Gasteiger partial charge in [0, 0.05) is 0 Å². The SMILES string of the molecule is O=C(O)[C@H]1CC[C@@H](c2ccc(Br)o2)N1. The molecule has 4 nitrogen and oxygen atoms in total. The molecule has 0 saturated carbocycles. The number of hydrogen-bond acceptors (Lipinski definition) is 3. The number of furan rings is 1. The summed E-state index contributed by atoms with van der Waals surface area (Å²) in [7, 11) is 0. The van der Waals surface area contributed by atoms with Crippen LogP contribution in [-0.4, -0.2) is 17.1 Å². The highest BCUT2D eigenvalue weighted by molar-refractivity contribution is 9.10. The van der Waals surface area contributed by atoms with Crippen LogP contribution in [0.25, 0.3) is 0 Å². The van der Waals surface area contributed by atoms with Crippen LogP contribution in [0.3, 0.4) is 0 Å². The highest BCUT2D eigenvalue weighted by atomic mass is 79.9.